The number of halogens is 3. The molecule has 0 unspecified atom stereocenters. The van der Waals surface area contributed by atoms with E-state index in [2.05, 4.69) is 20.5 Å². The minimum atomic E-state index is -4.08. The van der Waals surface area contributed by atoms with Gasteiger partial charge < -0.3 is 5.32 Å². The number of fused-ring (bicyclic) bond motifs is 1. The summed E-state index contributed by atoms with van der Waals surface area (Å²) < 4.78 is 37.7. The summed E-state index contributed by atoms with van der Waals surface area (Å²) >= 11 is 0. The highest BCUT2D eigenvalue weighted by Gasteiger charge is 2.25. The number of alkyl halides is 3. The van der Waals surface area contributed by atoms with E-state index in [1.54, 1.807) is 16.8 Å². The first-order valence-electron chi connectivity index (χ1n) is 5.94. The summed E-state index contributed by atoms with van der Waals surface area (Å²) in [4.78, 5) is 4.11. The van der Waals surface area contributed by atoms with Crippen LogP contribution < -0.4 is 5.32 Å². The second-order valence-electron chi connectivity index (χ2n) is 4.22. The quantitative estimate of drug-likeness (QED) is 0.851. The Morgan fingerprint density at radius 1 is 1.26 bits per heavy atom. The van der Waals surface area contributed by atoms with Crippen LogP contribution in [0, 0.1) is 6.92 Å². The SMILES string of the molecule is Cc1nnc2c(NCCCCC(F)(F)F)nccn12. The number of unbranched alkanes of at least 4 members (excludes halogenated alkanes) is 1. The molecule has 0 amide bonds. The Labute approximate surface area is 107 Å². The van der Waals surface area contributed by atoms with E-state index in [1.165, 1.54) is 0 Å². The fourth-order valence-electron chi connectivity index (χ4n) is 1.72. The van der Waals surface area contributed by atoms with Gasteiger partial charge >= 0.3 is 6.18 Å². The summed E-state index contributed by atoms with van der Waals surface area (Å²) in [6, 6.07) is 0. The zero-order chi connectivity index (χ0) is 13.9. The van der Waals surface area contributed by atoms with Gasteiger partial charge in [-0.25, -0.2) is 4.98 Å². The van der Waals surface area contributed by atoms with Gasteiger partial charge in [0.2, 0.25) is 5.65 Å². The molecule has 2 rings (SSSR count). The van der Waals surface area contributed by atoms with Crippen LogP contribution in [-0.4, -0.2) is 32.3 Å². The number of nitrogens with one attached hydrogen (secondary N) is 1. The molecule has 0 spiro atoms. The van der Waals surface area contributed by atoms with Gasteiger partial charge in [0.25, 0.3) is 0 Å². The maximum Gasteiger partial charge on any atom is 0.389 e. The van der Waals surface area contributed by atoms with E-state index in [4.69, 9.17) is 0 Å². The fraction of sp³-hybridized carbons (Fsp3) is 0.545. The number of anilines is 1. The van der Waals surface area contributed by atoms with Crippen molar-refractivity contribution in [2.45, 2.75) is 32.4 Å². The van der Waals surface area contributed by atoms with Gasteiger partial charge in [-0.2, -0.15) is 13.2 Å². The van der Waals surface area contributed by atoms with Crippen molar-refractivity contribution in [3.8, 4) is 0 Å². The molecule has 5 nitrogen and oxygen atoms in total. The molecule has 0 aliphatic carbocycles. The lowest BCUT2D eigenvalue weighted by atomic mass is 10.2. The van der Waals surface area contributed by atoms with Crippen LogP contribution in [0.15, 0.2) is 12.4 Å². The van der Waals surface area contributed by atoms with E-state index < -0.39 is 12.6 Å². The maximum absolute atomic E-state index is 12.0. The van der Waals surface area contributed by atoms with Gasteiger partial charge in [-0.3, -0.25) is 4.40 Å². The van der Waals surface area contributed by atoms with Gasteiger partial charge in [0.05, 0.1) is 0 Å². The van der Waals surface area contributed by atoms with Crippen molar-refractivity contribution in [1.29, 1.82) is 0 Å². The van der Waals surface area contributed by atoms with Crippen LogP contribution in [0.1, 0.15) is 25.1 Å². The van der Waals surface area contributed by atoms with Gasteiger partial charge in [-0.05, 0) is 19.8 Å². The Kier molecular flexibility index (Phi) is 3.87. The van der Waals surface area contributed by atoms with Crippen LogP contribution in [-0.2, 0) is 0 Å². The third-order valence-corrected chi connectivity index (χ3v) is 2.68. The van der Waals surface area contributed by atoms with Crippen molar-refractivity contribution in [1.82, 2.24) is 19.6 Å². The van der Waals surface area contributed by atoms with Crippen LogP contribution in [0.2, 0.25) is 0 Å². The first-order valence-corrected chi connectivity index (χ1v) is 5.94. The first kappa shape index (κ1) is 13.6. The molecule has 2 aromatic heterocycles. The summed E-state index contributed by atoms with van der Waals surface area (Å²) in [5.41, 5.74) is 0.579. The second-order valence-corrected chi connectivity index (χ2v) is 4.22. The van der Waals surface area contributed by atoms with Crippen LogP contribution in [0.4, 0.5) is 19.0 Å². The van der Waals surface area contributed by atoms with Gasteiger partial charge in [0.15, 0.2) is 5.82 Å². The summed E-state index contributed by atoms with van der Waals surface area (Å²) in [6.45, 7) is 2.24. The molecule has 1 N–H and O–H groups in total. The summed E-state index contributed by atoms with van der Waals surface area (Å²) in [7, 11) is 0. The maximum atomic E-state index is 12.0. The Balaban J connectivity index is 1.88. The van der Waals surface area contributed by atoms with E-state index in [9.17, 15) is 13.2 Å². The summed E-state index contributed by atoms with van der Waals surface area (Å²) in [6.07, 6.45) is -0.972. The van der Waals surface area contributed by atoms with Crippen molar-refractivity contribution < 1.29 is 13.2 Å². The predicted molar refractivity (Wildman–Crippen MR) is 63.9 cm³/mol. The molecule has 19 heavy (non-hydrogen) atoms. The van der Waals surface area contributed by atoms with Crippen molar-refractivity contribution in [3.05, 3.63) is 18.2 Å². The summed E-state index contributed by atoms with van der Waals surface area (Å²) in [5, 5.41) is 10.9. The predicted octanol–water partition coefficient (Wildman–Crippen LogP) is 2.58. The largest absolute Gasteiger partial charge is 0.389 e. The normalized spacial score (nSPS) is 12.0. The lowest BCUT2D eigenvalue weighted by Crippen LogP contribution is -2.09. The molecule has 0 fully saturated rings. The molecule has 104 valence electrons. The molecule has 0 atom stereocenters. The number of hydrogen-bond acceptors (Lipinski definition) is 4. The Hall–Kier alpha value is -1.86. The average molecular weight is 273 g/mol. The third-order valence-electron chi connectivity index (χ3n) is 2.68. The lowest BCUT2D eigenvalue weighted by molar-refractivity contribution is -0.135. The highest BCUT2D eigenvalue weighted by atomic mass is 19.4. The minimum Gasteiger partial charge on any atom is -0.367 e. The Morgan fingerprint density at radius 2 is 2.05 bits per heavy atom. The Morgan fingerprint density at radius 3 is 2.79 bits per heavy atom. The average Bonchev–Trinajstić information content (AvgIpc) is 2.70. The molecule has 0 aliphatic rings. The van der Waals surface area contributed by atoms with Crippen molar-refractivity contribution in [3.63, 3.8) is 0 Å². The summed E-state index contributed by atoms with van der Waals surface area (Å²) in [5.74, 6) is 1.27. The van der Waals surface area contributed by atoms with Gasteiger partial charge in [-0.1, -0.05) is 0 Å². The Bertz CT molecular complexity index is 549. The highest BCUT2D eigenvalue weighted by Crippen LogP contribution is 2.22. The number of aromatic nitrogens is 4. The monoisotopic (exact) mass is 273 g/mol. The molecular weight excluding hydrogens is 259 g/mol. The van der Waals surface area contributed by atoms with E-state index in [0.717, 1.165) is 5.82 Å². The lowest BCUT2D eigenvalue weighted by Gasteiger charge is -2.07. The molecule has 0 bridgehead atoms. The van der Waals surface area contributed by atoms with Crippen molar-refractivity contribution in [2.24, 2.45) is 0 Å². The van der Waals surface area contributed by atoms with Gasteiger partial charge in [-0.15, -0.1) is 10.2 Å². The van der Waals surface area contributed by atoms with Crippen molar-refractivity contribution >= 4 is 11.5 Å². The smallest absolute Gasteiger partial charge is 0.367 e. The van der Waals surface area contributed by atoms with Gasteiger partial charge in [0.1, 0.15) is 5.82 Å². The van der Waals surface area contributed by atoms with E-state index >= 15 is 0 Å². The molecule has 0 saturated heterocycles. The molecule has 0 aliphatic heterocycles. The second kappa shape index (κ2) is 5.41. The molecule has 8 heteroatoms. The number of aryl methyl sites for hydroxylation is 1. The van der Waals surface area contributed by atoms with E-state index in [0.29, 0.717) is 24.4 Å². The fourth-order valence-corrected chi connectivity index (χ4v) is 1.72. The molecule has 2 aromatic rings. The van der Waals surface area contributed by atoms with Crippen molar-refractivity contribution in [2.75, 3.05) is 11.9 Å². The number of hydrogen-bond donors (Lipinski definition) is 1. The molecule has 2 heterocycles. The minimum absolute atomic E-state index is 0.103. The van der Waals surface area contributed by atoms with E-state index in [-0.39, 0.29) is 6.42 Å². The highest BCUT2D eigenvalue weighted by molar-refractivity contribution is 5.61. The van der Waals surface area contributed by atoms with Gasteiger partial charge in [0, 0.05) is 25.4 Å². The molecule has 0 aromatic carbocycles. The number of rotatable bonds is 5. The zero-order valence-electron chi connectivity index (χ0n) is 10.4. The molecule has 0 radical (unpaired) electrons. The number of nitrogens with zero attached hydrogens (tertiary/aromatic N) is 4. The standard InChI is InChI=1S/C11H14F3N5/c1-8-17-18-10-9(16-6-7-19(8)10)15-5-3-2-4-11(12,13)14/h6-7H,2-5H2,1H3,(H,15,16). The van der Waals surface area contributed by atoms with Crippen LogP contribution in [0.25, 0.3) is 5.65 Å². The third kappa shape index (κ3) is 3.55. The topological polar surface area (TPSA) is 55.1 Å². The zero-order valence-corrected chi connectivity index (χ0v) is 10.4. The molecule has 0 saturated carbocycles. The molecular formula is C11H14F3N5. The first-order chi connectivity index (χ1) is 8.97. The van der Waals surface area contributed by atoms with Crippen LogP contribution >= 0.6 is 0 Å². The van der Waals surface area contributed by atoms with Crippen LogP contribution in [0.3, 0.4) is 0 Å². The van der Waals surface area contributed by atoms with Crippen LogP contribution in [0.5, 0.6) is 0 Å². The van der Waals surface area contributed by atoms with E-state index in [1.807, 2.05) is 6.92 Å².